The lowest BCUT2D eigenvalue weighted by molar-refractivity contribution is -0.137. The second-order valence-corrected chi connectivity index (χ2v) is 7.38. The molecule has 0 bridgehead atoms. The second kappa shape index (κ2) is 6.62. The molecule has 26 heavy (non-hydrogen) atoms. The molecule has 0 radical (unpaired) electrons. The van der Waals surface area contributed by atoms with Crippen LogP contribution in [0, 0.1) is 0 Å². The van der Waals surface area contributed by atoms with E-state index in [2.05, 4.69) is 4.72 Å². The molecule has 3 rings (SSSR count). The van der Waals surface area contributed by atoms with E-state index in [0.29, 0.717) is 16.3 Å². The van der Waals surface area contributed by atoms with Gasteiger partial charge in [0, 0.05) is 17.3 Å². The van der Waals surface area contributed by atoms with Gasteiger partial charge >= 0.3 is 6.18 Å². The van der Waals surface area contributed by atoms with Gasteiger partial charge in [0.15, 0.2) is 0 Å². The van der Waals surface area contributed by atoms with Crippen molar-refractivity contribution in [3.63, 3.8) is 0 Å². The third kappa shape index (κ3) is 3.66. The summed E-state index contributed by atoms with van der Waals surface area (Å²) in [5.74, 6) is -0.0395. The molecule has 0 atom stereocenters. The number of alkyl halides is 3. The zero-order valence-electron chi connectivity index (χ0n) is 13.3. The van der Waals surface area contributed by atoms with Crippen LogP contribution in [0.4, 0.5) is 13.2 Å². The van der Waals surface area contributed by atoms with E-state index in [1.807, 2.05) is 0 Å². The van der Waals surface area contributed by atoms with Gasteiger partial charge in [-0.15, -0.1) is 0 Å². The molecule has 0 spiro atoms. The molecule has 3 aromatic carbocycles. The molecule has 0 unspecified atom stereocenters. The lowest BCUT2D eigenvalue weighted by Crippen LogP contribution is -2.23. The van der Waals surface area contributed by atoms with Crippen molar-refractivity contribution in [1.29, 1.82) is 0 Å². The Kier molecular flexibility index (Phi) is 4.64. The summed E-state index contributed by atoms with van der Waals surface area (Å²) in [6.45, 7) is -0.157. The Balaban J connectivity index is 1.85. The fourth-order valence-corrected chi connectivity index (χ4v) is 3.80. The van der Waals surface area contributed by atoms with Gasteiger partial charge in [-0.2, -0.15) is 13.2 Å². The first-order chi connectivity index (χ1) is 12.2. The number of benzene rings is 3. The van der Waals surface area contributed by atoms with Crippen molar-refractivity contribution < 1.29 is 26.7 Å². The van der Waals surface area contributed by atoms with Crippen LogP contribution < -0.4 is 4.72 Å². The molecule has 0 amide bonds. The molecule has 0 aliphatic heterocycles. The van der Waals surface area contributed by atoms with Crippen LogP contribution in [0.15, 0.2) is 65.6 Å². The maximum atomic E-state index is 12.6. The van der Waals surface area contributed by atoms with Crippen molar-refractivity contribution in [1.82, 2.24) is 4.72 Å². The van der Waals surface area contributed by atoms with Gasteiger partial charge in [0.25, 0.3) is 0 Å². The first kappa shape index (κ1) is 18.2. The monoisotopic (exact) mass is 381 g/mol. The molecule has 0 saturated heterocycles. The van der Waals surface area contributed by atoms with Crippen molar-refractivity contribution in [3.05, 3.63) is 71.8 Å². The number of nitrogens with one attached hydrogen (secondary N) is 1. The van der Waals surface area contributed by atoms with Gasteiger partial charge < -0.3 is 5.11 Å². The number of fused-ring (bicyclic) bond motifs is 1. The Hall–Kier alpha value is -2.58. The van der Waals surface area contributed by atoms with Crippen molar-refractivity contribution in [2.24, 2.45) is 0 Å². The maximum absolute atomic E-state index is 12.6. The molecule has 0 aliphatic rings. The van der Waals surface area contributed by atoms with Gasteiger partial charge in [-0.05, 0) is 29.8 Å². The second-order valence-electron chi connectivity index (χ2n) is 5.65. The molecule has 0 aliphatic carbocycles. The summed E-state index contributed by atoms with van der Waals surface area (Å²) in [5, 5.41) is 10.6. The van der Waals surface area contributed by atoms with Crippen LogP contribution in [0.25, 0.3) is 10.8 Å². The highest BCUT2D eigenvalue weighted by molar-refractivity contribution is 7.89. The van der Waals surface area contributed by atoms with E-state index in [9.17, 15) is 26.7 Å². The molecule has 0 saturated carbocycles. The molecule has 8 heteroatoms. The van der Waals surface area contributed by atoms with Gasteiger partial charge in [-0.3, -0.25) is 0 Å². The van der Waals surface area contributed by atoms with E-state index >= 15 is 0 Å². The summed E-state index contributed by atoms with van der Waals surface area (Å²) in [6.07, 6.45) is -4.44. The van der Waals surface area contributed by atoms with E-state index in [-0.39, 0.29) is 17.2 Å². The molecule has 136 valence electrons. The van der Waals surface area contributed by atoms with E-state index < -0.39 is 21.8 Å². The Bertz CT molecular complexity index is 1050. The third-order valence-electron chi connectivity index (χ3n) is 3.90. The maximum Gasteiger partial charge on any atom is 0.416 e. The first-order valence-corrected chi connectivity index (χ1v) is 9.03. The molecule has 0 aromatic heterocycles. The van der Waals surface area contributed by atoms with Crippen LogP contribution in [-0.4, -0.2) is 13.5 Å². The van der Waals surface area contributed by atoms with Gasteiger partial charge in [-0.1, -0.05) is 36.4 Å². The predicted molar refractivity (Wildman–Crippen MR) is 91.1 cm³/mol. The lowest BCUT2D eigenvalue weighted by Gasteiger charge is -2.11. The zero-order valence-corrected chi connectivity index (χ0v) is 14.1. The van der Waals surface area contributed by atoms with Crippen molar-refractivity contribution in [3.8, 4) is 5.75 Å². The van der Waals surface area contributed by atoms with Gasteiger partial charge in [-0.25, -0.2) is 13.1 Å². The highest BCUT2D eigenvalue weighted by Gasteiger charge is 2.30. The van der Waals surface area contributed by atoms with E-state index in [1.54, 1.807) is 12.1 Å². The summed E-state index contributed by atoms with van der Waals surface area (Å²) in [5.41, 5.74) is -0.404. The third-order valence-corrected chi connectivity index (χ3v) is 5.36. The minimum atomic E-state index is -4.44. The highest BCUT2D eigenvalue weighted by Crippen LogP contribution is 2.30. The van der Waals surface area contributed by atoms with E-state index in [4.69, 9.17) is 0 Å². The molecule has 2 N–H and O–H groups in total. The number of phenols is 1. The number of halogens is 3. The summed E-state index contributed by atoms with van der Waals surface area (Å²) < 4.78 is 65.2. The van der Waals surface area contributed by atoms with Crippen LogP contribution in [0.5, 0.6) is 5.75 Å². The summed E-state index contributed by atoms with van der Waals surface area (Å²) in [4.78, 5) is -0.0159. The minimum Gasteiger partial charge on any atom is -0.507 e. The van der Waals surface area contributed by atoms with Gasteiger partial charge in [0.2, 0.25) is 10.0 Å². The summed E-state index contributed by atoms with van der Waals surface area (Å²) in [6, 6.07) is 13.3. The lowest BCUT2D eigenvalue weighted by atomic mass is 10.1. The fraction of sp³-hybridized carbons (Fsp3) is 0.111. The van der Waals surface area contributed by atoms with Gasteiger partial charge in [0.05, 0.1) is 10.5 Å². The van der Waals surface area contributed by atoms with Crippen molar-refractivity contribution >= 4 is 20.8 Å². The van der Waals surface area contributed by atoms with Crippen molar-refractivity contribution in [2.75, 3.05) is 0 Å². The van der Waals surface area contributed by atoms with Crippen LogP contribution in [-0.2, 0) is 22.7 Å². The molecular formula is C18H14F3NO3S. The number of phenolic OH excluding ortho intramolecular Hbond substituents is 1. The average Bonchev–Trinajstić information content (AvgIpc) is 2.59. The minimum absolute atomic E-state index is 0.0159. The molecule has 0 fully saturated rings. The van der Waals surface area contributed by atoms with Gasteiger partial charge in [0.1, 0.15) is 5.75 Å². The standard InChI is InChI=1S/C18H14F3NO3S/c19-18(20,21)13-9-7-12(8-10-13)11-22-26(24,25)17-6-2-3-14-15(17)4-1-5-16(14)23/h1-10,22-23H,11H2. The Morgan fingerprint density at radius 3 is 2.15 bits per heavy atom. The number of sulfonamides is 1. The topological polar surface area (TPSA) is 66.4 Å². The van der Waals surface area contributed by atoms with Crippen molar-refractivity contribution in [2.45, 2.75) is 17.6 Å². The number of aromatic hydroxyl groups is 1. The van der Waals surface area contributed by atoms with Crippen LogP contribution in [0.3, 0.4) is 0 Å². The molecular weight excluding hydrogens is 367 g/mol. The Labute approximate surface area is 148 Å². The number of hydrogen-bond acceptors (Lipinski definition) is 3. The molecule has 0 heterocycles. The Morgan fingerprint density at radius 2 is 1.50 bits per heavy atom. The zero-order chi connectivity index (χ0) is 18.9. The molecule has 3 aromatic rings. The smallest absolute Gasteiger partial charge is 0.416 e. The van der Waals surface area contributed by atoms with Crippen LogP contribution in [0.2, 0.25) is 0 Å². The normalized spacial score (nSPS) is 12.4. The predicted octanol–water partition coefficient (Wildman–Crippen LogP) is 4.04. The van der Waals surface area contributed by atoms with Crippen LogP contribution >= 0.6 is 0 Å². The first-order valence-electron chi connectivity index (χ1n) is 7.55. The Morgan fingerprint density at radius 1 is 0.885 bits per heavy atom. The number of rotatable bonds is 4. The van der Waals surface area contributed by atoms with Crippen LogP contribution in [0.1, 0.15) is 11.1 Å². The molecule has 4 nitrogen and oxygen atoms in total. The van der Waals surface area contributed by atoms with E-state index in [0.717, 1.165) is 12.1 Å². The number of hydrogen-bond donors (Lipinski definition) is 2. The summed E-state index contributed by atoms with van der Waals surface area (Å²) >= 11 is 0. The fourth-order valence-electron chi connectivity index (χ4n) is 2.57. The average molecular weight is 381 g/mol. The summed E-state index contributed by atoms with van der Waals surface area (Å²) in [7, 11) is -3.92. The highest BCUT2D eigenvalue weighted by atomic mass is 32.2. The van der Waals surface area contributed by atoms with E-state index in [1.165, 1.54) is 36.4 Å². The quantitative estimate of drug-likeness (QED) is 0.717. The SMILES string of the molecule is O=S(=O)(NCc1ccc(C(F)(F)F)cc1)c1cccc2c(O)cccc12. The largest absolute Gasteiger partial charge is 0.507 e.